The van der Waals surface area contributed by atoms with Crippen LogP contribution in [0.5, 0.6) is 0 Å². The van der Waals surface area contributed by atoms with Crippen molar-refractivity contribution < 1.29 is 9.22 Å². The summed E-state index contributed by atoms with van der Waals surface area (Å²) in [7, 11) is -1.71. The molecular weight excluding hydrogens is 204 g/mol. The van der Waals surface area contributed by atoms with Gasteiger partial charge in [0.25, 0.3) is 5.97 Å². The fraction of sp³-hybridized carbons (Fsp3) is 0.417. The van der Waals surface area contributed by atoms with Crippen molar-refractivity contribution in [3.05, 3.63) is 35.9 Å². The molecule has 0 aliphatic heterocycles. The van der Waals surface area contributed by atoms with Gasteiger partial charge in [-0.25, -0.2) is 0 Å². The number of hydrogen-bond donors (Lipinski definition) is 0. The topological polar surface area (TPSA) is 26.3 Å². The molecule has 0 N–H and O–H groups in total. The summed E-state index contributed by atoms with van der Waals surface area (Å²) in [6.07, 6.45) is 1.25. The van der Waals surface area contributed by atoms with Crippen LogP contribution < -0.4 is 0 Å². The van der Waals surface area contributed by atoms with E-state index in [1.54, 1.807) is 0 Å². The van der Waals surface area contributed by atoms with E-state index < -0.39 is 8.32 Å². The van der Waals surface area contributed by atoms with Gasteiger partial charge < -0.3 is 4.43 Å². The third kappa shape index (κ3) is 5.37. The minimum Gasteiger partial charge on any atom is -0.520 e. The number of hydrogen-bond acceptors (Lipinski definition) is 2. The predicted molar refractivity (Wildman–Crippen MR) is 64.2 cm³/mol. The van der Waals surface area contributed by atoms with Gasteiger partial charge in [-0.2, -0.15) is 0 Å². The summed E-state index contributed by atoms with van der Waals surface area (Å²) in [6, 6.07) is 10.0. The van der Waals surface area contributed by atoms with Gasteiger partial charge in [-0.15, -0.1) is 0 Å². The molecule has 0 bridgehead atoms. The van der Waals surface area contributed by atoms with Crippen LogP contribution in [-0.4, -0.2) is 14.3 Å². The Bertz CT molecular complexity index is 314. The minimum absolute atomic E-state index is 0.0713. The zero-order valence-corrected chi connectivity index (χ0v) is 10.6. The van der Waals surface area contributed by atoms with Crippen molar-refractivity contribution in [2.45, 2.75) is 32.5 Å². The molecule has 82 valence electrons. The summed E-state index contributed by atoms with van der Waals surface area (Å²) in [5, 5.41) is 0. The van der Waals surface area contributed by atoms with Gasteiger partial charge >= 0.3 is 0 Å². The normalized spacial score (nSPS) is 11.1. The van der Waals surface area contributed by atoms with E-state index in [9.17, 15) is 4.79 Å². The van der Waals surface area contributed by atoms with Crippen LogP contribution in [0, 0.1) is 0 Å². The Morgan fingerprint density at radius 3 is 2.33 bits per heavy atom. The largest absolute Gasteiger partial charge is 0.520 e. The van der Waals surface area contributed by atoms with Crippen molar-refractivity contribution in [1.29, 1.82) is 0 Å². The lowest BCUT2D eigenvalue weighted by atomic mass is 10.1. The molecule has 1 rings (SSSR count). The molecular formula is C12H18O2Si. The molecule has 0 heterocycles. The predicted octanol–water partition coefficient (Wildman–Crippen LogP) is 3.00. The fourth-order valence-corrected chi connectivity index (χ4v) is 2.07. The van der Waals surface area contributed by atoms with Crippen molar-refractivity contribution in [3.63, 3.8) is 0 Å². The standard InChI is InChI=1S/C12H18O2Si/c1-15(2,3)14-12(13)10-9-11-7-5-4-6-8-11/h4-8H,9-10H2,1-3H3. The van der Waals surface area contributed by atoms with E-state index in [0.29, 0.717) is 6.42 Å². The van der Waals surface area contributed by atoms with Crippen LogP contribution in [0.3, 0.4) is 0 Å². The maximum atomic E-state index is 11.4. The molecule has 0 aliphatic carbocycles. The Balaban J connectivity index is 2.35. The number of aryl methyl sites for hydroxylation is 1. The zero-order chi connectivity index (χ0) is 11.3. The Morgan fingerprint density at radius 1 is 1.20 bits per heavy atom. The first-order chi connectivity index (χ1) is 6.97. The average Bonchev–Trinajstić information content (AvgIpc) is 2.14. The third-order valence-electron chi connectivity index (χ3n) is 1.88. The lowest BCUT2D eigenvalue weighted by molar-refractivity contribution is -0.135. The van der Waals surface area contributed by atoms with E-state index in [-0.39, 0.29) is 5.97 Å². The molecule has 1 aromatic carbocycles. The molecule has 0 amide bonds. The van der Waals surface area contributed by atoms with E-state index in [1.807, 2.05) is 50.0 Å². The molecule has 15 heavy (non-hydrogen) atoms. The number of carbonyl (C=O) groups is 1. The lowest BCUT2D eigenvalue weighted by Crippen LogP contribution is -2.29. The molecule has 0 unspecified atom stereocenters. The second-order valence-electron chi connectivity index (χ2n) is 4.57. The molecule has 0 aliphatic rings. The van der Waals surface area contributed by atoms with E-state index in [4.69, 9.17) is 4.43 Å². The monoisotopic (exact) mass is 222 g/mol. The van der Waals surface area contributed by atoms with Crippen molar-refractivity contribution in [3.8, 4) is 0 Å². The Hall–Kier alpha value is -1.09. The molecule has 0 aromatic heterocycles. The van der Waals surface area contributed by atoms with Crippen molar-refractivity contribution >= 4 is 14.3 Å². The molecule has 0 saturated carbocycles. The summed E-state index contributed by atoms with van der Waals surface area (Å²) in [5.74, 6) is -0.0713. The first-order valence-electron chi connectivity index (χ1n) is 5.23. The average molecular weight is 222 g/mol. The highest BCUT2D eigenvalue weighted by Crippen LogP contribution is 2.07. The van der Waals surface area contributed by atoms with Gasteiger partial charge in [-0.1, -0.05) is 30.3 Å². The molecule has 0 fully saturated rings. The van der Waals surface area contributed by atoms with E-state index >= 15 is 0 Å². The number of carbonyl (C=O) groups excluding carboxylic acids is 1. The SMILES string of the molecule is C[Si](C)(C)OC(=O)CCc1ccccc1. The van der Waals surface area contributed by atoms with Crippen LogP contribution in [-0.2, 0) is 15.6 Å². The summed E-state index contributed by atoms with van der Waals surface area (Å²) >= 11 is 0. The maximum absolute atomic E-state index is 11.4. The van der Waals surface area contributed by atoms with Gasteiger partial charge in [-0.3, -0.25) is 4.79 Å². The van der Waals surface area contributed by atoms with Crippen LogP contribution >= 0.6 is 0 Å². The molecule has 0 radical (unpaired) electrons. The van der Waals surface area contributed by atoms with E-state index in [0.717, 1.165) is 6.42 Å². The second kappa shape index (κ2) is 5.12. The molecule has 0 spiro atoms. The fourth-order valence-electron chi connectivity index (χ4n) is 1.28. The Morgan fingerprint density at radius 2 is 1.80 bits per heavy atom. The highest BCUT2D eigenvalue weighted by atomic mass is 28.4. The van der Waals surface area contributed by atoms with Crippen molar-refractivity contribution in [1.82, 2.24) is 0 Å². The molecule has 3 heteroatoms. The van der Waals surface area contributed by atoms with Gasteiger partial charge in [0, 0.05) is 6.42 Å². The quantitative estimate of drug-likeness (QED) is 0.732. The number of benzene rings is 1. The van der Waals surface area contributed by atoms with Crippen LogP contribution in [0.15, 0.2) is 30.3 Å². The highest BCUT2D eigenvalue weighted by Gasteiger charge is 2.19. The van der Waals surface area contributed by atoms with E-state index in [2.05, 4.69) is 0 Å². The van der Waals surface area contributed by atoms with Gasteiger partial charge in [-0.05, 0) is 31.6 Å². The van der Waals surface area contributed by atoms with Crippen molar-refractivity contribution in [2.24, 2.45) is 0 Å². The smallest absolute Gasteiger partial charge is 0.292 e. The third-order valence-corrected chi connectivity index (χ3v) is 2.72. The summed E-state index contributed by atoms with van der Waals surface area (Å²) in [6.45, 7) is 6.06. The second-order valence-corrected chi connectivity index (χ2v) is 9.00. The van der Waals surface area contributed by atoms with Crippen molar-refractivity contribution in [2.75, 3.05) is 0 Å². The van der Waals surface area contributed by atoms with Crippen LogP contribution in [0.4, 0.5) is 0 Å². The minimum atomic E-state index is -1.71. The first-order valence-corrected chi connectivity index (χ1v) is 8.64. The zero-order valence-electron chi connectivity index (χ0n) is 9.62. The van der Waals surface area contributed by atoms with Gasteiger partial charge in [0.1, 0.15) is 0 Å². The molecule has 0 atom stereocenters. The van der Waals surface area contributed by atoms with Crippen LogP contribution in [0.2, 0.25) is 19.6 Å². The maximum Gasteiger partial charge on any atom is 0.292 e. The van der Waals surface area contributed by atoms with Crippen LogP contribution in [0.1, 0.15) is 12.0 Å². The van der Waals surface area contributed by atoms with Crippen LogP contribution in [0.25, 0.3) is 0 Å². The Kier molecular flexibility index (Phi) is 4.09. The summed E-state index contributed by atoms with van der Waals surface area (Å²) in [5.41, 5.74) is 1.19. The van der Waals surface area contributed by atoms with E-state index in [1.165, 1.54) is 5.56 Å². The summed E-state index contributed by atoms with van der Waals surface area (Å²) in [4.78, 5) is 11.4. The van der Waals surface area contributed by atoms with Gasteiger partial charge in [0.15, 0.2) is 0 Å². The summed E-state index contributed by atoms with van der Waals surface area (Å²) < 4.78 is 5.36. The molecule has 1 aromatic rings. The lowest BCUT2D eigenvalue weighted by Gasteiger charge is -2.17. The Labute approximate surface area is 92.4 Å². The molecule has 0 saturated heterocycles. The number of rotatable bonds is 4. The van der Waals surface area contributed by atoms with Gasteiger partial charge in [0.05, 0.1) is 0 Å². The van der Waals surface area contributed by atoms with Gasteiger partial charge in [0.2, 0.25) is 8.32 Å². The highest BCUT2D eigenvalue weighted by molar-refractivity contribution is 6.71. The first kappa shape index (κ1) is 12.0. The molecule has 2 nitrogen and oxygen atoms in total.